The second kappa shape index (κ2) is 12.4. The Morgan fingerprint density at radius 1 is 0.654 bits per heavy atom. The Hall–Kier alpha value is -1.96. The maximum absolute atomic E-state index is 6.14. The van der Waals surface area contributed by atoms with Crippen LogP contribution in [0.4, 0.5) is 0 Å². The standard InChI is InChI=1S/C24H34O2/c1-3-5-7-12-18-25-22-16-17-23(21-14-10-9-11-15-21)24(20-22)26-19-13-8-6-4-2/h9-11,14-17,20H,3-8,12-13,18-19H2,1-2H3. The summed E-state index contributed by atoms with van der Waals surface area (Å²) in [7, 11) is 0. The van der Waals surface area contributed by atoms with Gasteiger partial charge in [0.25, 0.3) is 0 Å². The molecule has 2 aromatic carbocycles. The first kappa shape index (κ1) is 20.4. The predicted molar refractivity (Wildman–Crippen MR) is 111 cm³/mol. The number of unbranched alkanes of at least 4 members (excludes halogenated alkanes) is 6. The van der Waals surface area contributed by atoms with Crippen LogP contribution in [0.15, 0.2) is 48.5 Å². The summed E-state index contributed by atoms with van der Waals surface area (Å²) in [5.74, 6) is 1.84. The molecule has 2 nitrogen and oxygen atoms in total. The van der Waals surface area contributed by atoms with Crippen LogP contribution in [-0.2, 0) is 0 Å². The van der Waals surface area contributed by atoms with E-state index in [2.05, 4.69) is 56.3 Å². The Bertz CT molecular complexity index is 607. The fourth-order valence-corrected chi connectivity index (χ4v) is 3.00. The van der Waals surface area contributed by atoms with Crippen molar-refractivity contribution in [1.82, 2.24) is 0 Å². The topological polar surface area (TPSA) is 18.5 Å². The van der Waals surface area contributed by atoms with E-state index < -0.39 is 0 Å². The van der Waals surface area contributed by atoms with Crippen LogP contribution in [-0.4, -0.2) is 13.2 Å². The van der Waals surface area contributed by atoms with Gasteiger partial charge in [0.1, 0.15) is 11.5 Å². The van der Waals surface area contributed by atoms with Crippen molar-refractivity contribution in [3.8, 4) is 22.6 Å². The molecule has 0 aliphatic heterocycles. The zero-order chi connectivity index (χ0) is 18.5. The lowest BCUT2D eigenvalue weighted by Crippen LogP contribution is -2.01. The van der Waals surface area contributed by atoms with E-state index >= 15 is 0 Å². The molecule has 0 bridgehead atoms. The number of benzene rings is 2. The van der Waals surface area contributed by atoms with Gasteiger partial charge in [0.15, 0.2) is 0 Å². The highest BCUT2D eigenvalue weighted by Crippen LogP contribution is 2.33. The zero-order valence-electron chi connectivity index (χ0n) is 16.5. The third kappa shape index (κ3) is 7.11. The van der Waals surface area contributed by atoms with Crippen molar-refractivity contribution < 1.29 is 9.47 Å². The van der Waals surface area contributed by atoms with E-state index in [1.165, 1.54) is 44.1 Å². The SMILES string of the molecule is CCCCCCOc1ccc(-c2ccccc2)c(OCCCCCC)c1. The smallest absolute Gasteiger partial charge is 0.130 e. The first-order chi connectivity index (χ1) is 12.8. The van der Waals surface area contributed by atoms with E-state index in [4.69, 9.17) is 9.47 Å². The number of rotatable bonds is 13. The Labute approximate surface area is 159 Å². The number of hydrogen-bond acceptors (Lipinski definition) is 2. The molecule has 2 aromatic rings. The molecule has 0 N–H and O–H groups in total. The normalized spacial score (nSPS) is 10.7. The van der Waals surface area contributed by atoms with Crippen molar-refractivity contribution in [3.63, 3.8) is 0 Å². The molecule has 0 aromatic heterocycles. The minimum absolute atomic E-state index is 0.764. The highest BCUT2D eigenvalue weighted by atomic mass is 16.5. The zero-order valence-corrected chi connectivity index (χ0v) is 16.5. The molecule has 2 rings (SSSR count). The minimum Gasteiger partial charge on any atom is -0.493 e. The molecular weight excluding hydrogens is 320 g/mol. The summed E-state index contributed by atoms with van der Waals surface area (Å²) >= 11 is 0. The van der Waals surface area contributed by atoms with Crippen molar-refractivity contribution in [2.24, 2.45) is 0 Å². The lowest BCUT2D eigenvalue weighted by Gasteiger charge is -2.14. The Morgan fingerprint density at radius 2 is 1.31 bits per heavy atom. The van der Waals surface area contributed by atoms with Crippen molar-refractivity contribution >= 4 is 0 Å². The van der Waals surface area contributed by atoms with Crippen LogP contribution in [0.3, 0.4) is 0 Å². The molecule has 0 atom stereocenters. The molecule has 0 amide bonds. The van der Waals surface area contributed by atoms with Gasteiger partial charge in [-0.05, 0) is 30.5 Å². The van der Waals surface area contributed by atoms with E-state index in [9.17, 15) is 0 Å². The molecule has 26 heavy (non-hydrogen) atoms. The van der Waals surface area contributed by atoms with Gasteiger partial charge in [0.2, 0.25) is 0 Å². The predicted octanol–water partition coefficient (Wildman–Crippen LogP) is 7.27. The first-order valence-corrected chi connectivity index (χ1v) is 10.3. The van der Waals surface area contributed by atoms with Crippen molar-refractivity contribution in [2.75, 3.05) is 13.2 Å². The summed E-state index contributed by atoms with van der Waals surface area (Å²) in [6.07, 6.45) is 9.73. The average Bonchev–Trinajstić information content (AvgIpc) is 2.68. The quantitative estimate of drug-likeness (QED) is 0.352. The van der Waals surface area contributed by atoms with Crippen LogP contribution in [0, 0.1) is 0 Å². The molecule has 0 unspecified atom stereocenters. The van der Waals surface area contributed by atoms with Gasteiger partial charge >= 0.3 is 0 Å². The molecule has 0 aliphatic rings. The van der Waals surface area contributed by atoms with Gasteiger partial charge in [-0.3, -0.25) is 0 Å². The van der Waals surface area contributed by atoms with Gasteiger partial charge in [-0.2, -0.15) is 0 Å². The summed E-state index contributed by atoms with van der Waals surface area (Å²) in [5, 5.41) is 0. The Balaban J connectivity index is 2.01. The lowest BCUT2D eigenvalue weighted by atomic mass is 10.0. The van der Waals surface area contributed by atoms with E-state index in [1.807, 2.05) is 6.07 Å². The molecule has 0 heterocycles. The average molecular weight is 355 g/mol. The van der Waals surface area contributed by atoms with Crippen LogP contribution >= 0.6 is 0 Å². The van der Waals surface area contributed by atoms with Gasteiger partial charge in [-0.15, -0.1) is 0 Å². The molecule has 0 fully saturated rings. The molecule has 2 heteroatoms. The van der Waals surface area contributed by atoms with Crippen LogP contribution in [0.5, 0.6) is 11.5 Å². The Kier molecular flexibility index (Phi) is 9.71. The van der Waals surface area contributed by atoms with E-state index in [0.29, 0.717) is 0 Å². The summed E-state index contributed by atoms with van der Waals surface area (Å²) in [5.41, 5.74) is 2.32. The lowest BCUT2D eigenvalue weighted by molar-refractivity contribution is 0.291. The van der Waals surface area contributed by atoms with Crippen LogP contribution < -0.4 is 9.47 Å². The molecule has 0 saturated carbocycles. The summed E-state index contributed by atoms with van der Waals surface area (Å²) in [4.78, 5) is 0. The highest BCUT2D eigenvalue weighted by molar-refractivity contribution is 5.71. The maximum atomic E-state index is 6.14. The Morgan fingerprint density at radius 3 is 1.96 bits per heavy atom. The third-order valence-corrected chi connectivity index (χ3v) is 4.56. The van der Waals surface area contributed by atoms with Crippen molar-refractivity contribution in [2.45, 2.75) is 65.2 Å². The van der Waals surface area contributed by atoms with Crippen LogP contribution in [0.2, 0.25) is 0 Å². The first-order valence-electron chi connectivity index (χ1n) is 10.3. The van der Waals surface area contributed by atoms with E-state index in [0.717, 1.165) is 43.1 Å². The molecular formula is C24H34O2. The van der Waals surface area contributed by atoms with Crippen molar-refractivity contribution in [1.29, 1.82) is 0 Å². The fourth-order valence-electron chi connectivity index (χ4n) is 3.00. The largest absolute Gasteiger partial charge is 0.493 e. The van der Waals surface area contributed by atoms with Gasteiger partial charge in [-0.25, -0.2) is 0 Å². The minimum atomic E-state index is 0.764. The van der Waals surface area contributed by atoms with E-state index in [-0.39, 0.29) is 0 Å². The second-order valence-electron chi connectivity index (χ2n) is 6.84. The third-order valence-electron chi connectivity index (χ3n) is 4.56. The molecule has 0 radical (unpaired) electrons. The summed E-state index contributed by atoms with van der Waals surface area (Å²) in [6.45, 7) is 6.00. The van der Waals surface area contributed by atoms with Crippen LogP contribution in [0.1, 0.15) is 65.2 Å². The van der Waals surface area contributed by atoms with Crippen LogP contribution in [0.25, 0.3) is 11.1 Å². The number of hydrogen-bond donors (Lipinski definition) is 0. The molecule has 0 saturated heterocycles. The monoisotopic (exact) mass is 354 g/mol. The molecule has 142 valence electrons. The van der Waals surface area contributed by atoms with Gasteiger partial charge in [-0.1, -0.05) is 82.7 Å². The molecule has 0 aliphatic carbocycles. The van der Waals surface area contributed by atoms with Gasteiger partial charge in [0.05, 0.1) is 13.2 Å². The van der Waals surface area contributed by atoms with Crippen molar-refractivity contribution in [3.05, 3.63) is 48.5 Å². The second-order valence-corrected chi connectivity index (χ2v) is 6.84. The number of ether oxygens (including phenoxy) is 2. The van der Waals surface area contributed by atoms with Gasteiger partial charge < -0.3 is 9.47 Å². The summed E-state index contributed by atoms with van der Waals surface area (Å²) in [6, 6.07) is 16.7. The van der Waals surface area contributed by atoms with E-state index in [1.54, 1.807) is 0 Å². The summed E-state index contributed by atoms with van der Waals surface area (Å²) < 4.78 is 12.1. The maximum Gasteiger partial charge on any atom is 0.130 e. The fraction of sp³-hybridized carbons (Fsp3) is 0.500. The highest BCUT2D eigenvalue weighted by Gasteiger charge is 2.08. The van der Waals surface area contributed by atoms with Gasteiger partial charge in [0, 0.05) is 11.6 Å². The molecule has 0 spiro atoms.